The maximum Gasteiger partial charge on any atom is 0.249 e. The fourth-order valence-electron chi connectivity index (χ4n) is 1.78. The third-order valence-corrected chi connectivity index (χ3v) is 3.52. The number of carbonyl (C=O) groups excluding carboxylic acids is 1. The number of aliphatic hydroxyl groups is 1. The standard InChI is InChI=1S/C12H23NO3/c1-4-9(2)12(3,15)8-13-11(14)10-6-5-7-16-10/h9-10,15H,4-8H2,1-3H3,(H,13,14). The summed E-state index contributed by atoms with van der Waals surface area (Å²) < 4.78 is 5.27. The van der Waals surface area contributed by atoms with E-state index in [1.54, 1.807) is 6.92 Å². The molecule has 1 fully saturated rings. The molecule has 4 heteroatoms. The molecule has 16 heavy (non-hydrogen) atoms. The Kier molecular flexibility index (Phi) is 4.74. The smallest absolute Gasteiger partial charge is 0.249 e. The second kappa shape index (κ2) is 5.64. The van der Waals surface area contributed by atoms with Gasteiger partial charge < -0.3 is 15.2 Å². The molecule has 0 aromatic carbocycles. The van der Waals surface area contributed by atoms with Gasteiger partial charge in [-0.2, -0.15) is 0 Å². The van der Waals surface area contributed by atoms with Crippen molar-refractivity contribution in [3.8, 4) is 0 Å². The van der Waals surface area contributed by atoms with Crippen molar-refractivity contribution >= 4 is 5.91 Å². The quantitative estimate of drug-likeness (QED) is 0.741. The highest BCUT2D eigenvalue weighted by Gasteiger charge is 2.30. The van der Waals surface area contributed by atoms with Crippen LogP contribution in [0.15, 0.2) is 0 Å². The molecule has 0 spiro atoms. The Morgan fingerprint density at radius 3 is 2.88 bits per heavy atom. The molecule has 3 unspecified atom stereocenters. The van der Waals surface area contributed by atoms with Crippen LogP contribution in [0, 0.1) is 5.92 Å². The van der Waals surface area contributed by atoms with E-state index < -0.39 is 5.60 Å². The summed E-state index contributed by atoms with van der Waals surface area (Å²) >= 11 is 0. The van der Waals surface area contributed by atoms with Gasteiger partial charge in [-0.3, -0.25) is 4.79 Å². The largest absolute Gasteiger partial charge is 0.388 e. The van der Waals surface area contributed by atoms with Crippen molar-refractivity contribution in [2.45, 2.75) is 51.7 Å². The van der Waals surface area contributed by atoms with E-state index in [4.69, 9.17) is 4.74 Å². The first-order chi connectivity index (χ1) is 7.47. The lowest BCUT2D eigenvalue weighted by Gasteiger charge is -2.30. The number of ether oxygens (including phenoxy) is 1. The molecule has 0 bridgehead atoms. The van der Waals surface area contributed by atoms with E-state index in [2.05, 4.69) is 5.32 Å². The van der Waals surface area contributed by atoms with Crippen LogP contribution >= 0.6 is 0 Å². The number of hydrogen-bond donors (Lipinski definition) is 2. The fourth-order valence-corrected chi connectivity index (χ4v) is 1.78. The van der Waals surface area contributed by atoms with E-state index in [-0.39, 0.29) is 17.9 Å². The van der Waals surface area contributed by atoms with Gasteiger partial charge in [0.1, 0.15) is 6.10 Å². The SMILES string of the molecule is CCC(C)C(C)(O)CNC(=O)C1CCCO1. The van der Waals surface area contributed by atoms with Crippen LogP contribution in [-0.4, -0.2) is 35.9 Å². The summed E-state index contributed by atoms with van der Waals surface area (Å²) in [5.41, 5.74) is -0.844. The van der Waals surface area contributed by atoms with Crippen LogP contribution in [0.25, 0.3) is 0 Å². The molecule has 1 aliphatic rings. The normalized spacial score (nSPS) is 26.1. The van der Waals surface area contributed by atoms with Gasteiger partial charge in [0.2, 0.25) is 5.91 Å². The second-order valence-corrected chi connectivity index (χ2v) is 4.89. The van der Waals surface area contributed by atoms with Gasteiger partial charge in [-0.05, 0) is 25.7 Å². The van der Waals surface area contributed by atoms with Crippen molar-refractivity contribution in [2.24, 2.45) is 5.92 Å². The molecule has 0 aromatic heterocycles. The van der Waals surface area contributed by atoms with Crippen LogP contribution in [-0.2, 0) is 9.53 Å². The Morgan fingerprint density at radius 1 is 1.69 bits per heavy atom. The zero-order valence-corrected chi connectivity index (χ0v) is 10.5. The van der Waals surface area contributed by atoms with Crippen molar-refractivity contribution in [3.05, 3.63) is 0 Å². The molecule has 1 amide bonds. The van der Waals surface area contributed by atoms with Crippen LogP contribution in [0.3, 0.4) is 0 Å². The minimum atomic E-state index is -0.844. The van der Waals surface area contributed by atoms with Gasteiger partial charge in [0.25, 0.3) is 0 Å². The topological polar surface area (TPSA) is 58.6 Å². The first kappa shape index (κ1) is 13.5. The monoisotopic (exact) mass is 229 g/mol. The molecular weight excluding hydrogens is 206 g/mol. The molecule has 1 heterocycles. The third-order valence-electron chi connectivity index (χ3n) is 3.52. The lowest BCUT2D eigenvalue weighted by Crippen LogP contribution is -2.47. The number of amides is 1. The molecule has 0 radical (unpaired) electrons. The van der Waals surface area contributed by atoms with Gasteiger partial charge in [0.15, 0.2) is 0 Å². The number of hydrogen-bond acceptors (Lipinski definition) is 3. The first-order valence-electron chi connectivity index (χ1n) is 6.09. The average molecular weight is 229 g/mol. The highest BCUT2D eigenvalue weighted by Crippen LogP contribution is 2.19. The van der Waals surface area contributed by atoms with Gasteiger partial charge in [0.05, 0.1) is 5.60 Å². The van der Waals surface area contributed by atoms with E-state index in [1.165, 1.54) is 0 Å². The first-order valence-corrected chi connectivity index (χ1v) is 6.09. The molecule has 2 N–H and O–H groups in total. The fraction of sp³-hybridized carbons (Fsp3) is 0.917. The molecule has 0 saturated carbocycles. The van der Waals surface area contributed by atoms with E-state index in [0.717, 1.165) is 19.3 Å². The summed E-state index contributed by atoms with van der Waals surface area (Å²) in [5, 5.41) is 12.9. The summed E-state index contributed by atoms with van der Waals surface area (Å²) in [6.45, 7) is 6.73. The Morgan fingerprint density at radius 2 is 2.38 bits per heavy atom. The van der Waals surface area contributed by atoms with Crippen LogP contribution in [0.4, 0.5) is 0 Å². The highest BCUT2D eigenvalue weighted by atomic mass is 16.5. The number of rotatable bonds is 5. The molecule has 1 saturated heterocycles. The molecule has 0 aliphatic carbocycles. The minimum Gasteiger partial charge on any atom is -0.388 e. The molecule has 94 valence electrons. The van der Waals surface area contributed by atoms with Gasteiger partial charge >= 0.3 is 0 Å². The Hall–Kier alpha value is -0.610. The summed E-state index contributed by atoms with van der Waals surface area (Å²) in [6.07, 6.45) is 2.31. The van der Waals surface area contributed by atoms with E-state index >= 15 is 0 Å². The Bertz CT molecular complexity index is 234. The summed E-state index contributed by atoms with van der Waals surface area (Å²) in [7, 11) is 0. The number of carbonyl (C=O) groups is 1. The second-order valence-electron chi connectivity index (χ2n) is 4.89. The van der Waals surface area contributed by atoms with Crippen molar-refractivity contribution in [1.82, 2.24) is 5.32 Å². The molecular formula is C12H23NO3. The highest BCUT2D eigenvalue weighted by molar-refractivity contribution is 5.81. The summed E-state index contributed by atoms with van der Waals surface area (Å²) in [4.78, 5) is 11.7. The van der Waals surface area contributed by atoms with E-state index in [0.29, 0.717) is 13.2 Å². The molecule has 4 nitrogen and oxygen atoms in total. The van der Waals surface area contributed by atoms with Gasteiger partial charge in [0, 0.05) is 13.2 Å². The molecule has 1 aliphatic heterocycles. The maximum absolute atomic E-state index is 11.7. The third kappa shape index (κ3) is 3.46. The number of nitrogens with one attached hydrogen (secondary N) is 1. The Labute approximate surface area is 97.4 Å². The van der Waals surface area contributed by atoms with Gasteiger partial charge in [-0.1, -0.05) is 20.3 Å². The lowest BCUT2D eigenvalue weighted by atomic mass is 9.88. The van der Waals surface area contributed by atoms with Crippen LogP contribution < -0.4 is 5.32 Å². The minimum absolute atomic E-state index is 0.0962. The zero-order chi connectivity index (χ0) is 12.2. The van der Waals surface area contributed by atoms with Crippen LogP contribution in [0.5, 0.6) is 0 Å². The lowest BCUT2D eigenvalue weighted by molar-refractivity contribution is -0.131. The zero-order valence-electron chi connectivity index (χ0n) is 10.5. The Balaban J connectivity index is 2.35. The van der Waals surface area contributed by atoms with E-state index in [1.807, 2.05) is 13.8 Å². The van der Waals surface area contributed by atoms with Crippen LogP contribution in [0.1, 0.15) is 40.0 Å². The molecule has 0 aromatic rings. The van der Waals surface area contributed by atoms with Crippen molar-refractivity contribution in [2.75, 3.05) is 13.2 Å². The summed E-state index contributed by atoms with van der Waals surface area (Å²) in [6, 6.07) is 0. The average Bonchev–Trinajstić information content (AvgIpc) is 2.78. The predicted octanol–water partition coefficient (Wildman–Crippen LogP) is 1.08. The van der Waals surface area contributed by atoms with Crippen LogP contribution in [0.2, 0.25) is 0 Å². The molecule has 3 atom stereocenters. The van der Waals surface area contributed by atoms with Crippen molar-refractivity contribution in [1.29, 1.82) is 0 Å². The predicted molar refractivity (Wildman–Crippen MR) is 62.1 cm³/mol. The summed E-state index contributed by atoms with van der Waals surface area (Å²) in [5.74, 6) is 0.0679. The maximum atomic E-state index is 11.7. The van der Waals surface area contributed by atoms with Gasteiger partial charge in [-0.25, -0.2) is 0 Å². The van der Waals surface area contributed by atoms with Gasteiger partial charge in [-0.15, -0.1) is 0 Å². The van der Waals surface area contributed by atoms with E-state index in [9.17, 15) is 9.90 Å². The van der Waals surface area contributed by atoms with Crippen molar-refractivity contribution in [3.63, 3.8) is 0 Å². The molecule has 1 rings (SSSR count). The van der Waals surface area contributed by atoms with Crippen molar-refractivity contribution < 1.29 is 14.6 Å².